The second-order valence-electron chi connectivity index (χ2n) is 4.84. The van der Waals surface area contributed by atoms with Crippen molar-refractivity contribution in [3.8, 4) is 0 Å². The Bertz CT molecular complexity index is 541. The maximum atomic E-state index is 13.4. The van der Waals surface area contributed by atoms with Gasteiger partial charge in [0.2, 0.25) is 0 Å². The van der Waals surface area contributed by atoms with Crippen LogP contribution < -0.4 is 5.73 Å². The van der Waals surface area contributed by atoms with Gasteiger partial charge >= 0.3 is 0 Å². The smallest absolute Gasteiger partial charge is 0.273 e. The minimum atomic E-state index is -0.788. The molecule has 0 saturated carbocycles. The molecular formula is C13H17ClFN3O3. The van der Waals surface area contributed by atoms with E-state index in [1.165, 1.54) is 0 Å². The number of carbonyl (C=O) groups is 1. The highest BCUT2D eigenvalue weighted by Crippen LogP contribution is 2.22. The number of amides is 1. The molecule has 1 saturated heterocycles. The zero-order chi connectivity index (χ0) is 14.7. The lowest BCUT2D eigenvalue weighted by atomic mass is 10.0. The molecule has 1 unspecified atom stereocenters. The van der Waals surface area contributed by atoms with E-state index >= 15 is 0 Å². The Hall–Kier alpha value is -1.73. The summed E-state index contributed by atoms with van der Waals surface area (Å²) in [4.78, 5) is 24.0. The van der Waals surface area contributed by atoms with Crippen molar-refractivity contribution >= 4 is 24.0 Å². The second kappa shape index (κ2) is 7.33. The number of nitrogens with two attached hydrogens (primary N) is 1. The Balaban J connectivity index is 0.00000220. The lowest BCUT2D eigenvalue weighted by molar-refractivity contribution is -0.385. The molecule has 2 rings (SSSR count). The van der Waals surface area contributed by atoms with Gasteiger partial charge in [0.15, 0.2) is 0 Å². The van der Waals surface area contributed by atoms with Gasteiger partial charge in [-0.25, -0.2) is 4.39 Å². The van der Waals surface area contributed by atoms with E-state index in [4.69, 9.17) is 5.73 Å². The topological polar surface area (TPSA) is 89.5 Å². The zero-order valence-electron chi connectivity index (χ0n) is 11.3. The predicted octanol–water partition coefficient (Wildman–Crippen LogP) is 2.11. The fraction of sp³-hybridized carbons (Fsp3) is 0.462. The van der Waals surface area contributed by atoms with Gasteiger partial charge in [0.1, 0.15) is 5.82 Å². The van der Waals surface area contributed by atoms with E-state index in [1.807, 2.05) is 0 Å². The molecule has 8 heteroatoms. The molecule has 116 valence electrons. The van der Waals surface area contributed by atoms with Crippen molar-refractivity contribution in [2.75, 3.05) is 13.1 Å². The fourth-order valence-electron chi connectivity index (χ4n) is 2.48. The van der Waals surface area contributed by atoms with Crippen molar-refractivity contribution in [1.29, 1.82) is 0 Å². The highest BCUT2D eigenvalue weighted by atomic mass is 35.5. The minimum Gasteiger partial charge on any atom is -0.334 e. The van der Waals surface area contributed by atoms with Crippen LogP contribution in [0.5, 0.6) is 0 Å². The molecule has 1 atom stereocenters. The minimum absolute atomic E-state index is 0. The molecule has 1 amide bonds. The fourth-order valence-corrected chi connectivity index (χ4v) is 2.48. The van der Waals surface area contributed by atoms with Gasteiger partial charge < -0.3 is 10.6 Å². The van der Waals surface area contributed by atoms with Crippen LogP contribution in [0.25, 0.3) is 0 Å². The van der Waals surface area contributed by atoms with Gasteiger partial charge in [-0.2, -0.15) is 0 Å². The molecule has 1 heterocycles. The maximum absolute atomic E-state index is 13.4. The van der Waals surface area contributed by atoms with Crippen LogP contribution >= 0.6 is 12.4 Å². The molecule has 6 nitrogen and oxygen atoms in total. The van der Waals surface area contributed by atoms with E-state index in [0.29, 0.717) is 13.1 Å². The zero-order valence-corrected chi connectivity index (χ0v) is 12.1. The Morgan fingerprint density at radius 3 is 2.76 bits per heavy atom. The normalized spacial score (nSPS) is 18.0. The molecule has 0 radical (unpaired) electrons. The summed E-state index contributed by atoms with van der Waals surface area (Å²) in [6.45, 7) is 0.883. The summed E-state index contributed by atoms with van der Waals surface area (Å²) in [5.74, 6) is -1.19. The van der Waals surface area contributed by atoms with E-state index in [9.17, 15) is 19.3 Å². The molecule has 1 aromatic rings. The third-order valence-corrected chi connectivity index (χ3v) is 3.50. The Morgan fingerprint density at radius 2 is 2.14 bits per heavy atom. The second-order valence-corrected chi connectivity index (χ2v) is 4.84. The number of hydrogen-bond donors (Lipinski definition) is 1. The SMILES string of the molecule is Cl.NCC1CCCCN1C(=O)c1cc(F)cc([N+](=O)[O-])c1. The van der Waals surface area contributed by atoms with Crippen LogP contribution in [0.2, 0.25) is 0 Å². The largest absolute Gasteiger partial charge is 0.334 e. The summed E-state index contributed by atoms with van der Waals surface area (Å²) in [6, 6.07) is 2.84. The molecule has 0 bridgehead atoms. The molecule has 1 aliphatic heterocycles. The van der Waals surface area contributed by atoms with Crippen molar-refractivity contribution in [2.45, 2.75) is 25.3 Å². The number of piperidine rings is 1. The molecule has 21 heavy (non-hydrogen) atoms. The summed E-state index contributed by atoms with van der Waals surface area (Å²) < 4.78 is 13.4. The molecule has 0 spiro atoms. The van der Waals surface area contributed by atoms with Gasteiger partial charge in [-0.15, -0.1) is 12.4 Å². The number of benzene rings is 1. The summed E-state index contributed by atoms with van der Waals surface area (Å²) in [5, 5.41) is 10.7. The van der Waals surface area contributed by atoms with Crippen molar-refractivity contribution in [1.82, 2.24) is 4.90 Å². The molecule has 1 fully saturated rings. The third-order valence-electron chi connectivity index (χ3n) is 3.50. The first-order valence-corrected chi connectivity index (χ1v) is 6.49. The number of nitro groups is 1. The summed E-state index contributed by atoms with van der Waals surface area (Å²) in [6.07, 6.45) is 2.66. The first-order chi connectivity index (χ1) is 9.52. The van der Waals surface area contributed by atoms with Crippen LogP contribution in [-0.4, -0.2) is 34.9 Å². The van der Waals surface area contributed by atoms with Crippen LogP contribution in [0, 0.1) is 15.9 Å². The number of halogens is 2. The van der Waals surface area contributed by atoms with E-state index in [0.717, 1.165) is 37.5 Å². The van der Waals surface area contributed by atoms with E-state index < -0.39 is 22.3 Å². The van der Waals surface area contributed by atoms with Crippen molar-refractivity contribution in [2.24, 2.45) is 5.73 Å². The van der Waals surface area contributed by atoms with Crippen molar-refractivity contribution in [3.63, 3.8) is 0 Å². The van der Waals surface area contributed by atoms with Gasteiger partial charge in [0.05, 0.1) is 11.0 Å². The van der Waals surface area contributed by atoms with Crippen LogP contribution in [-0.2, 0) is 0 Å². The number of likely N-dealkylation sites (tertiary alicyclic amines) is 1. The van der Waals surface area contributed by atoms with E-state index in [-0.39, 0.29) is 24.0 Å². The van der Waals surface area contributed by atoms with Gasteiger partial charge in [0.25, 0.3) is 11.6 Å². The lowest BCUT2D eigenvalue weighted by Gasteiger charge is -2.35. The van der Waals surface area contributed by atoms with Crippen LogP contribution in [0.3, 0.4) is 0 Å². The van der Waals surface area contributed by atoms with Gasteiger partial charge in [-0.3, -0.25) is 14.9 Å². The van der Waals surface area contributed by atoms with Crippen molar-refractivity contribution < 1.29 is 14.1 Å². The number of nitrogens with zero attached hydrogens (tertiary/aromatic N) is 2. The van der Waals surface area contributed by atoms with Gasteiger partial charge in [0, 0.05) is 30.8 Å². The van der Waals surface area contributed by atoms with E-state index in [2.05, 4.69) is 0 Å². The number of carbonyl (C=O) groups excluding carboxylic acids is 1. The number of hydrogen-bond acceptors (Lipinski definition) is 4. The molecular weight excluding hydrogens is 301 g/mol. The quantitative estimate of drug-likeness (QED) is 0.683. The number of nitro benzene ring substituents is 1. The Kier molecular flexibility index (Phi) is 6.04. The third kappa shape index (κ3) is 3.89. The maximum Gasteiger partial charge on any atom is 0.273 e. The first-order valence-electron chi connectivity index (χ1n) is 6.49. The molecule has 0 aliphatic carbocycles. The summed E-state index contributed by atoms with van der Waals surface area (Å²) in [5.41, 5.74) is 5.22. The Morgan fingerprint density at radius 1 is 1.43 bits per heavy atom. The van der Waals surface area contributed by atoms with Gasteiger partial charge in [-0.1, -0.05) is 0 Å². The average Bonchev–Trinajstić information content (AvgIpc) is 2.45. The molecule has 1 aromatic carbocycles. The summed E-state index contributed by atoms with van der Waals surface area (Å²) in [7, 11) is 0. The van der Waals surface area contributed by atoms with Crippen LogP contribution in [0.1, 0.15) is 29.6 Å². The number of non-ortho nitro benzene ring substituents is 1. The monoisotopic (exact) mass is 317 g/mol. The molecule has 1 aliphatic rings. The number of rotatable bonds is 3. The first kappa shape index (κ1) is 17.3. The molecule has 0 aromatic heterocycles. The Labute approximate surface area is 127 Å². The molecule has 2 N–H and O–H groups in total. The highest BCUT2D eigenvalue weighted by Gasteiger charge is 2.27. The lowest BCUT2D eigenvalue weighted by Crippen LogP contribution is -2.47. The standard InChI is InChI=1S/C13H16FN3O3.ClH/c14-10-5-9(6-12(7-10)17(19)20)13(18)16-4-2-1-3-11(16)8-15;/h5-7,11H,1-4,8,15H2;1H. The summed E-state index contributed by atoms with van der Waals surface area (Å²) >= 11 is 0. The van der Waals surface area contributed by atoms with Gasteiger partial charge in [-0.05, 0) is 25.3 Å². The van der Waals surface area contributed by atoms with E-state index in [1.54, 1.807) is 4.90 Å². The van der Waals surface area contributed by atoms with Crippen LogP contribution in [0.4, 0.5) is 10.1 Å². The average molecular weight is 318 g/mol. The highest BCUT2D eigenvalue weighted by molar-refractivity contribution is 5.95. The van der Waals surface area contributed by atoms with Crippen molar-refractivity contribution in [3.05, 3.63) is 39.7 Å². The predicted molar refractivity (Wildman–Crippen MR) is 78.0 cm³/mol. The van der Waals surface area contributed by atoms with Crippen LogP contribution in [0.15, 0.2) is 18.2 Å².